The second kappa shape index (κ2) is 18.2. The van der Waals surface area contributed by atoms with Crippen molar-refractivity contribution in [1.82, 2.24) is 58.6 Å². The first kappa shape index (κ1) is 47.7. The summed E-state index contributed by atoms with van der Waals surface area (Å²) >= 11 is 0. The van der Waals surface area contributed by atoms with E-state index in [1.54, 1.807) is 0 Å². The molecule has 68 heavy (non-hydrogen) atoms. The quantitative estimate of drug-likeness (QED) is 0.0408. The summed E-state index contributed by atoms with van der Waals surface area (Å²) in [5.41, 5.74) is 15.0. The van der Waals surface area contributed by atoms with Gasteiger partial charge in [-0.1, -0.05) is 0 Å². The van der Waals surface area contributed by atoms with Crippen molar-refractivity contribution in [2.75, 3.05) is 37.0 Å². The SMILES string of the molecule is Nc1nc2c(ncn2[C@@H]2O[C@H](COP(=O)(O)O[C@H]3[C@@H](O)[C@H](n4cnc5c(N)ncnc54)O[C@@H]3COP(=O)(O)O[C@H]3[C@@H](O)[C@H](n4cnc5c(=O)[nH]c(N)nc54)O[C@@H]3CO[P+](=O)O)[C@@H](O)[C@H]2O)c(=O)[nH]1. The van der Waals surface area contributed by atoms with E-state index in [0.717, 1.165) is 39.0 Å². The molecule has 9 rings (SSSR count). The van der Waals surface area contributed by atoms with E-state index in [1.165, 1.54) is 0 Å². The lowest BCUT2D eigenvalue weighted by Gasteiger charge is -2.25. The number of H-pyrrole nitrogens is 2. The topological polar surface area (TPSA) is 515 Å². The van der Waals surface area contributed by atoms with Crippen LogP contribution in [-0.4, -0.2) is 168 Å². The molecular formula is C30H37N15O20P3+. The summed E-state index contributed by atoms with van der Waals surface area (Å²) in [5, 5.41) is 44.6. The molecule has 0 aliphatic carbocycles. The van der Waals surface area contributed by atoms with Gasteiger partial charge < -0.3 is 61.6 Å². The van der Waals surface area contributed by atoms with E-state index in [2.05, 4.69) is 44.9 Å². The van der Waals surface area contributed by atoms with Gasteiger partial charge in [-0.05, 0) is 0 Å². The number of aliphatic hydroxyl groups excluding tert-OH is 4. The second-order valence-electron chi connectivity index (χ2n) is 15.0. The molecule has 9 heterocycles. The van der Waals surface area contributed by atoms with Crippen LogP contribution in [0.2, 0.25) is 0 Å². The molecule has 15 N–H and O–H groups in total. The molecule has 38 heteroatoms. The number of fused-ring (bicyclic) bond motifs is 3. The Labute approximate surface area is 375 Å². The van der Waals surface area contributed by atoms with Gasteiger partial charge >= 0.3 is 23.9 Å². The maximum absolute atomic E-state index is 13.6. The molecule has 0 radical (unpaired) electrons. The van der Waals surface area contributed by atoms with E-state index in [9.17, 15) is 58.4 Å². The third kappa shape index (κ3) is 9.01. The van der Waals surface area contributed by atoms with Crippen molar-refractivity contribution in [1.29, 1.82) is 0 Å². The number of hydrogen-bond donors (Lipinski definition) is 12. The lowest BCUT2D eigenvalue weighted by atomic mass is 10.1. The van der Waals surface area contributed by atoms with Gasteiger partial charge in [0.1, 0.15) is 73.4 Å². The van der Waals surface area contributed by atoms with E-state index in [0.29, 0.717) is 0 Å². The third-order valence-electron chi connectivity index (χ3n) is 10.7. The second-order valence-corrected chi connectivity index (χ2v) is 18.5. The van der Waals surface area contributed by atoms with Crippen LogP contribution in [0.15, 0.2) is 34.9 Å². The minimum atomic E-state index is -5.48. The van der Waals surface area contributed by atoms with E-state index in [-0.39, 0.29) is 51.2 Å². The van der Waals surface area contributed by atoms with Crippen molar-refractivity contribution in [3.05, 3.63) is 46.0 Å². The summed E-state index contributed by atoms with van der Waals surface area (Å²) in [7, 11) is -14.2. The van der Waals surface area contributed by atoms with Crippen LogP contribution in [0.4, 0.5) is 17.7 Å². The van der Waals surface area contributed by atoms with Crippen LogP contribution >= 0.6 is 23.9 Å². The van der Waals surface area contributed by atoms with Gasteiger partial charge in [0.15, 0.2) is 52.5 Å². The van der Waals surface area contributed by atoms with E-state index in [4.69, 9.17) is 54.0 Å². The minimum absolute atomic E-state index is 0.00839. The van der Waals surface area contributed by atoms with Gasteiger partial charge in [0.05, 0.1) is 32.2 Å². The van der Waals surface area contributed by atoms with Gasteiger partial charge in [-0.25, -0.2) is 34.0 Å². The molecule has 0 bridgehead atoms. The zero-order valence-electron chi connectivity index (χ0n) is 33.8. The van der Waals surface area contributed by atoms with Gasteiger partial charge in [-0.15, -0.1) is 9.42 Å². The molecule has 3 saturated heterocycles. The van der Waals surface area contributed by atoms with Crippen molar-refractivity contribution >= 4 is 75.1 Å². The average molecular weight is 1020 g/mol. The van der Waals surface area contributed by atoms with Crippen LogP contribution < -0.4 is 28.3 Å². The number of hydrogen-bond acceptors (Lipinski definition) is 27. The lowest BCUT2D eigenvalue weighted by Crippen LogP contribution is -2.37. The van der Waals surface area contributed by atoms with Gasteiger partial charge in [0.2, 0.25) is 11.9 Å². The normalized spacial score (nSPS) is 30.7. The fourth-order valence-electron chi connectivity index (χ4n) is 7.68. The van der Waals surface area contributed by atoms with Crippen LogP contribution in [0.5, 0.6) is 0 Å². The first-order chi connectivity index (χ1) is 32.2. The highest BCUT2D eigenvalue weighted by Gasteiger charge is 2.54. The molecule has 366 valence electrons. The summed E-state index contributed by atoms with van der Waals surface area (Å²) in [5.74, 6) is -0.724. The molecule has 15 atom stereocenters. The Morgan fingerprint density at radius 3 is 1.59 bits per heavy atom. The Morgan fingerprint density at radius 1 is 0.632 bits per heavy atom. The first-order valence-corrected chi connectivity index (χ1v) is 23.5. The standard InChI is InChI=1S/C30H36N15O20P3/c31-20-11-21(35-4-34-20)43(5-36-11)27-17(49)19(65-67(54,55)59-2-8-14(46)15(47)26(61-8)44-6-37-12-22(44)39-29(32)41-24(12)50)10(63-27)3-60-68(56,57)64-18-9(1-58-66(52)53)62-28(16(18)48)45-7-38-13-23(45)40-30(33)42-25(13)51/h4-10,14-19,26-28,46-49H,1-3H2,(H10-,31,32,33,34,35,39,40,41,42,50,51,52,53,54,55,56,57)/p+1/t8-,9-,10-,14-,15-,16-,17-,18-,19-,26-,27-,28-/m1/s1. The number of aromatic amines is 2. The molecular weight excluding hydrogens is 983 g/mol. The number of imidazole rings is 3. The summed E-state index contributed by atoms with van der Waals surface area (Å²) in [6, 6.07) is 0. The fourth-order valence-corrected chi connectivity index (χ4v) is 9.88. The highest BCUT2D eigenvalue weighted by Crippen LogP contribution is 2.52. The molecule has 3 aliphatic rings. The summed E-state index contributed by atoms with van der Waals surface area (Å²) in [6.45, 7) is -2.89. The maximum Gasteiger partial charge on any atom is 0.694 e. The molecule has 0 aromatic carbocycles. The van der Waals surface area contributed by atoms with Crippen LogP contribution in [0.25, 0.3) is 33.5 Å². The van der Waals surface area contributed by atoms with Gasteiger partial charge in [-0.2, -0.15) is 9.97 Å². The fraction of sp³-hybridized carbons (Fsp3) is 0.500. The number of rotatable bonds is 16. The summed E-state index contributed by atoms with van der Waals surface area (Å²) < 4.78 is 85.1. The smallest absolute Gasteiger partial charge is 0.387 e. The van der Waals surface area contributed by atoms with Gasteiger partial charge in [0, 0.05) is 4.57 Å². The monoisotopic (exact) mass is 1020 g/mol. The number of ether oxygens (including phenoxy) is 3. The predicted molar refractivity (Wildman–Crippen MR) is 218 cm³/mol. The number of aliphatic hydroxyl groups is 4. The number of nitrogens with one attached hydrogen (secondary N) is 2. The maximum atomic E-state index is 13.6. The molecule has 0 spiro atoms. The molecule has 6 aromatic heterocycles. The first-order valence-electron chi connectivity index (χ1n) is 19.4. The summed E-state index contributed by atoms with van der Waals surface area (Å²) in [4.78, 5) is 88.3. The zero-order valence-corrected chi connectivity index (χ0v) is 36.5. The molecule has 0 saturated carbocycles. The van der Waals surface area contributed by atoms with E-state index in [1.807, 2.05) is 0 Å². The zero-order chi connectivity index (χ0) is 48.6. The highest BCUT2D eigenvalue weighted by atomic mass is 31.2. The van der Waals surface area contributed by atoms with Crippen molar-refractivity contribution < 1.29 is 85.6 Å². The molecule has 0 amide bonds. The van der Waals surface area contributed by atoms with Crippen molar-refractivity contribution in [2.45, 2.75) is 73.6 Å². The van der Waals surface area contributed by atoms with Crippen molar-refractivity contribution in [3.63, 3.8) is 0 Å². The lowest BCUT2D eigenvalue weighted by molar-refractivity contribution is -0.0612. The van der Waals surface area contributed by atoms with Crippen LogP contribution in [0.1, 0.15) is 18.7 Å². The van der Waals surface area contributed by atoms with Gasteiger partial charge in [-0.3, -0.25) is 51.4 Å². The number of phosphoric ester groups is 2. The van der Waals surface area contributed by atoms with Crippen LogP contribution in [0, 0.1) is 0 Å². The van der Waals surface area contributed by atoms with Crippen molar-refractivity contribution in [2.24, 2.45) is 0 Å². The minimum Gasteiger partial charge on any atom is -0.387 e. The molecule has 3 aliphatic heterocycles. The number of phosphoric acid groups is 2. The number of aromatic nitrogens is 12. The molecule has 3 fully saturated rings. The number of nitrogens with two attached hydrogens (primary N) is 3. The predicted octanol–water partition coefficient (Wildman–Crippen LogP) is -4.35. The van der Waals surface area contributed by atoms with Crippen LogP contribution in [0.3, 0.4) is 0 Å². The molecule has 35 nitrogen and oxygen atoms in total. The Kier molecular flexibility index (Phi) is 12.7. The van der Waals surface area contributed by atoms with Gasteiger partial charge in [0.25, 0.3) is 11.1 Å². The number of nitrogens with zero attached hydrogens (tertiary/aromatic N) is 10. The van der Waals surface area contributed by atoms with Crippen molar-refractivity contribution in [3.8, 4) is 0 Å². The van der Waals surface area contributed by atoms with E-state index < -0.39 is 128 Å². The molecule has 3 unspecified atom stereocenters. The Balaban J connectivity index is 0.927. The number of nitrogen functional groups attached to an aromatic ring is 3. The Morgan fingerprint density at radius 2 is 1.07 bits per heavy atom. The summed E-state index contributed by atoms with van der Waals surface area (Å²) in [6.07, 6.45) is -16.7. The molecule has 6 aromatic rings. The third-order valence-corrected chi connectivity index (χ3v) is 13.1. The average Bonchev–Trinajstić information content (AvgIpc) is 4.13. The Bertz CT molecular complexity index is 3120. The largest absolute Gasteiger partial charge is 0.694 e. The van der Waals surface area contributed by atoms with Crippen LogP contribution in [-0.2, 0) is 50.5 Å². The van der Waals surface area contributed by atoms with E-state index >= 15 is 0 Å². The Hall–Kier alpha value is -5.39. The number of anilines is 3. The highest BCUT2D eigenvalue weighted by molar-refractivity contribution is 7.47.